The van der Waals surface area contributed by atoms with Gasteiger partial charge in [0.25, 0.3) is 5.69 Å². The van der Waals surface area contributed by atoms with Crippen molar-refractivity contribution in [3.05, 3.63) is 63.7 Å². The Bertz CT molecular complexity index is 1080. The highest BCUT2D eigenvalue weighted by Crippen LogP contribution is 2.39. The summed E-state index contributed by atoms with van der Waals surface area (Å²) < 4.78 is 5.07. The molecule has 9 heteroatoms. The molecule has 1 amide bonds. The van der Waals surface area contributed by atoms with Crippen LogP contribution in [0.15, 0.2) is 42.5 Å². The normalized spacial score (nSPS) is 19.3. The van der Waals surface area contributed by atoms with Crippen molar-refractivity contribution in [1.29, 1.82) is 5.26 Å². The minimum atomic E-state index is -0.400. The van der Waals surface area contributed by atoms with Crippen molar-refractivity contribution in [3.63, 3.8) is 0 Å². The molecule has 0 bridgehead atoms. The van der Waals surface area contributed by atoms with Gasteiger partial charge in [-0.05, 0) is 36.6 Å². The number of ether oxygens (including phenoxy) is 1. The van der Waals surface area contributed by atoms with Gasteiger partial charge in [0.1, 0.15) is 6.07 Å². The number of para-hydroxylation sites is 1. The Morgan fingerprint density at radius 2 is 2.09 bits per heavy atom. The number of non-ortho nitro benzene ring substituents is 1. The molecule has 2 aromatic carbocycles. The van der Waals surface area contributed by atoms with Gasteiger partial charge in [0, 0.05) is 57.7 Å². The summed E-state index contributed by atoms with van der Waals surface area (Å²) in [5, 5.41) is 23.9. The third-order valence-electron chi connectivity index (χ3n) is 6.43. The number of nitriles is 1. The van der Waals surface area contributed by atoms with Crippen LogP contribution in [0.4, 0.5) is 17.1 Å². The third-order valence-corrected chi connectivity index (χ3v) is 6.43. The minimum absolute atomic E-state index is 0.0352. The molecule has 2 atom stereocenters. The molecule has 0 saturated carbocycles. The van der Waals surface area contributed by atoms with E-state index in [1.54, 1.807) is 25.3 Å². The smallest absolute Gasteiger partial charge is 0.269 e. The fraction of sp³-hybridized carbons (Fsp3) is 0.417. The summed E-state index contributed by atoms with van der Waals surface area (Å²) in [7, 11) is 1.63. The van der Waals surface area contributed by atoms with Gasteiger partial charge in [0.2, 0.25) is 5.91 Å². The lowest BCUT2D eigenvalue weighted by molar-refractivity contribution is -0.384. The first-order valence-electron chi connectivity index (χ1n) is 11.1. The van der Waals surface area contributed by atoms with Crippen LogP contribution in [0.5, 0.6) is 0 Å². The van der Waals surface area contributed by atoms with Gasteiger partial charge in [-0.3, -0.25) is 14.9 Å². The first kappa shape index (κ1) is 22.6. The van der Waals surface area contributed by atoms with Crippen molar-refractivity contribution in [2.75, 3.05) is 49.7 Å². The van der Waals surface area contributed by atoms with Gasteiger partial charge in [-0.15, -0.1) is 0 Å². The second-order valence-corrected chi connectivity index (χ2v) is 8.35. The van der Waals surface area contributed by atoms with E-state index in [-0.39, 0.29) is 23.6 Å². The van der Waals surface area contributed by atoms with Gasteiger partial charge >= 0.3 is 0 Å². The predicted molar refractivity (Wildman–Crippen MR) is 124 cm³/mol. The van der Waals surface area contributed by atoms with E-state index in [1.165, 1.54) is 6.07 Å². The van der Waals surface area contributed by atoms with Crippen LogP contribution in [-0.4, -0.2) is 56.8 Å². The molecule has 0 unspecified atom stereocenters. The molecule has 1 N–H and O–H groups in total. The van der Waals surface area contributed by atoms with Gasteiger partial charge in [0.15, 0.2) is 0 Å². The van der Waals surface area contributed by atoms with E-state index in [9.17, 15) is 20.2 Å². The molecular weight excluding hydrogens is 422 g/mol. The minimum Gasteiger partial charge on any atom is -0.385 e. The van der Waals surface area contributed by atoms with Crippen LogP contribution >= 0.6 is 0 Å². The Morgan fingerprint density at radius 1 is 1.27 bits per heavy atom. The summed E-state index contributed by atoms with van der Waals surface area (Å²) in [6.45, 7) is 3.01. The number of anilines is 2. The van der Waals surface area contributed by atoms with E-state index in [2.05, 4.69) is 21.2 Å². The molecule has 33 heavy (non-hydrogen) atoms. The Kier molecular flexibility index (Phi) is 6.75. The molecule has 0 spiro atoms. The van der Waals surface area contributed by atoms with Crippen LogP contribution in [0.2, 0.25) is 0 Å². The Morgan fingerprint density at radius 3 is 2.85 bits per heavy atom. The van der Waals surface area contributed by atoms with Gasteiger partial charge in [0.05, 0.1) is 28.1 Å². The summed E-state index contributed by atoms with van der Waals surface area (Å²) in [5.74, 6) is -0.423. The maximum atomic E-state index is 13.2. The molecule has 0 aliphatic carbocycles. The fourth-order valence-corrected chi connectivity index (χ4v) is 4.84. The van der Waals surface area contributed by atoms with E-state index >= 15 is 0 Å². The van der Waals surface area contributed by atoms with Crippen molar-refractivity contribution in [3.8, 4) is 6.07 Å². The number of fused-ring (bicyclic) bond motifs is 3. The summed E-state index contributed by atoms with van der Waals surface area (Å²) in [4.78, 5) is 28.5. The molecule has 2 heterocycles. The number of nitro benzene ring substituents is 1. The Labute approximate surface area is 192 Å². The molecule has 2 aliphatic heterocycles. The molecule has 9 nitrogen and oxygen atoms in total. The molecule has 1 fully saturated rings. The fourth-order valence-electron chi connectivity index (χ4n) is 4.84. The molecule has 0 aromatic heterocycles. The van der Waals surface area contributed by atoms with E-state index in [1.807, 2.05) is 18.2 Å². The number of nitro groups is 1. The van der Waals surface area contributed by atoms with Gasteiger partial charge in [-0.2, -0.15) is 5.26 Å². The van der Waals surface area contributed by atoms with E-state index in [0.717, 1.165) is 16.9 Å². The lowest BCUT2D eigenvalue weighted by atomic mass is 9.83. The second-order valence-electron chi connectivity index (χ2n) is 8.35. The van der Waals surface area contributed by atoms with Crippen molar-refractivity contribution in [2.45, 2.75) is 18.9 Å². The molecule has 2 aromatic rings. The second kappa shape index (κ2) is 9.88. The van der Waals surface area contributed by atoms with Crippen molar-refractivity contribution in [2.24, 2.45) is 5.92 Å². The third kappa shape index (κ3) is 4.61. The average molecular weight is 450 g/mol. The van der Waals surface area contributed by atoms with Crippen molar-refractivity contribution >= 4 is 23.0 Å². The molecule has 0 radical (unpaired) electrons. The number of piperazine rings is 1. The number of carbonyl (C=O) groups excluding carboxylic acids is 1. The number of nitrogens with one attached hydrogen (secondary N) is 1. The van der Waals surface area contributed by atoms with Gasteiger partial charge < -0.3 is 19.9 Å². The topological polar surface area (TPSA) is 112 Å². The van der Waals surface area contributed by atoms with Crippen LogP contribution in [0, 0.1) is 27.4 Å². The van der Waals surface area contributed by atoms with Crippen LogP contribution in [0.25, 0.3) is 0 Å². The highest BCUT2D eigenvalue weighted by atomic mass is 16.6. The summed E-state index contributed by atoms with van der Waals surface area (Å²) >= 11 is 0. The Balaban J connectivity index is 1.64. The number of nitrogens with zero attached hydrogens (tertiary/aromatic N) is 4. The monoisotopic (exact) mass is 449 g/mol. The number of carbonyl (C=O) groups is 1. The summed E-state index contributed by atoms with van der Waals surface area (Å²) in [6.07, 6.45) is 1.15. The number of methoxy groups -OCH3 is 1. The van der Waals surface area contributed by atoms with E-state index in [0.29, 0.717) is 51.2 Å². The quantitative estimate of drug-likeness (QED) is 0.393. The number of amides is 1. The molecular formula is C24H27N5O4. The predicted octanol–water partition coefficient (Wildman–Crippen LogP) is 2.49. The number of rotatable bonds is 7. The van der Waals surface area contributed by atoms with E-state index in [4.69, 9.17) is 4.74 Å². The largest absolute Gasteiger partial charge is 0.385 e. The van der Waals surface area contributed by atoms with E-state index < -0.39 is 4.92 Å². The van der Waals surface area contributed by atoms with Crippen LogP contribution in [-0.2, 0) is 16.0 Å². The maximum Gasteiger partial charge on any atom is 0.269 e. The average Bonchev–Trinajstić information content (AvgIpc) is 2.85. The summed E-state index contributed by atoms with van der Waals surface area (Å²) in [6, 6.07) is 14.6. The van der Waals surface area contributed by atoms with Gasteiger partial charge in [-0.1, -0.05) is 12.1 Å². The zero-order valence-electron chi connectivity index (χ0n) is 18.6. The maximum absolute atomic E-state index is 13.2. The lowest BCUT2D eigenvalue weighted by Crippen LogP contribution is -2.61. The number of hydrogen-bond acceptors (Lipinski definition) is 7. The van der Waals surface area contributed by atoms with Crippen LogP contribution in [0.1, 0.15) is 17.5 Å². The number of benzene rings is 2. The van der Waals surface area contributed by atoms with Crippen LogP contribution in [0.3, 0.4) is 0 Å². The first-order valence-corrected chi connectivity index (χ1v) is 11.1. The highest BCUT2D eigenvalue weighted by molar-refractivity contribution is 5.82. The number of hydrogen-bond donors (Lipinski definition) is 1. The summed E-state index contributed by atoms with van der Waals surface area (Å²) in [5.41, 5.74) is 3.28. The van der Waals surface area contributed by atoms with Crippen molar-refractivity contribution in [1.82, 2.24) is 5.32 Å². The molecule has 1 saturated heterocycles. The highest BCUT2D eigenvalue weighted by Gasteiger charge is 2.42. The van der Waals surface area contributed by atoms with Gasteiger partial charge in [-0.25, -0.2) is 0 Å². The molecule has 2 aliphatic rings. The first-order chi connectivity index (χ1) is 16.0. The zero-order valence-corrected chi connectivity index (χ0v) is 18.6. The Hall–Kier alpha value is -3.64. The molecule has 4 rings (SSSR count). The van der Waals surface area contributed by atoms with Crippen LogP contribution < -0.4 is 15.1 Å². The zero-order chi connectivity index (χ0) is 23.4. The molecule has 172 valence electrons. The standard InChI is InChI=1S/C24H27N5O4/c1-33-12-4-9-26-24(30)20-14-18-13-19(29(31)32)7-8-22(18)28-11-10-27(16-23(20)28)21-6-3-2-5-17(21)15-25/h2-3,5-8,13,20,23H,4,9-12,14,16H2,1H3,(H,26,30)/t20-,23-/m0/s1. The lowest BCUT2D eigenvalue weighted by Gasteiger charge is -2.49. The SMILES string of the molecule is COCCCNC(=O)[C@H]1Cc2cc([N+](=O)[O-])ccc2N2CCN(c3ccccc3C#N)C[C@@H]12. The van der Waals surface area contributed by atoms with Crippen molar-refractivity contribution < 1.29 is 14.5 Å².